The number of ether oxygens (including phenoxy) is 4. The Morgan fingerprint density at radius 2 is 1.40 bits per heavy atom. The van der Waals surface area contributed by atoms with Gasteiger partial charge in [0.05, 0.1) is 18.6 Å². The van der Waals surface area contributed by atoms with Crippen molar-refractivity contribution in [1.82, 2.24) is 0 Å². The van der Waals surface area contributed by atoms with Crippen molar-refractivity contribution in [2.75, 3.05) is 26.4 Å². The summed E-state index contributed by atoms with van der Waals surface area (Å²) in [7, 11) is 0. The van der Waals surface area contributed by atoms with E-state index in [0.717, 1.165) is 70.7 Å². The zero-order valence-electron chi connectivity index (χ0n) is 30.7. The molecule has 0 saturated carbocycles. The van der Waals surface area contributed by atoms with E-state index >= 15 is 0 Å². The predicted molar refractivity (Wildman–Crippen MR) is 170 cm³/mol. The molecule has 47 heavy (non-hydrogen) atoms. The standard InChI is InChI=1S/C11H18O3.C7H14O.2C6H10O3.C4H8O.2Li/c1-3-5-11(6-4-2)8-9(12)7-10(13)14-11;1-3-5-7(8)6-4-2;2*1-3-9-6(8)4-5(2)7;1-2-4-5-3-1;;/h7,12H,3-6,8H2,1-2H3;3-6H2,1-2H3;3-4H2,1-2H3;4,7-8H,2-3H2,1H3;1-4H2;;/q;;;;;2*+1/p-2/b;;;6-4+;;;. The first kappa shape index (κ1) is 54.3. The fraction of sp³-hybridized carbons (Fsp3) is 0.706. The number of hydrogen-bond acceptors (Lipinski definition) is 11. The van der Waals surface area contributed by atoms with E-state index in [1.54, 1.807) is 13.8 Å². The number of esters is 2. The van der Waals surface area contributed by atoms with Gasteiger partial charge in [0.25, 0.3) is 0 Å². The number of aliphatic hydroxyl groups is 1. The monoisotopic (exact) mass is 656 g/mol. The van der Waals surface area contributed by atoms with Crippen LogP contribution in [-0.4, -0.2) is 60.6 Å². The van der Waals surface area contributed by atoms with E-state index < -0.39 is 29.2 Å². The van der Waals surface area contributed by atoms with Gasteiger partial charge in [0.1, 0.15) is 29.3 Å². The average molecular weight is 657 g/mol. The Kier molecular flexibility index (Phi) is 42.4. The van der Waals surface area contributed by atoms with Crippen LogP contribution in [0.3, 0.4) is 0 Å². The van der Waals surface area contributed by atoms with E-state index in [1.807, 2.05) is 13.8 Å². The summed E-state index contributed by atoms with van der Waals surface area (Å²) in [5.41, 5.74) is -0.445. The molecule has 2 heterocycles. The third kappa shape index (κ3) is 38.2. The molecule has 2 rings (SSSR count). The van der Waals surface area contributed by atoms with Crippen molar-refractivity contribution in [3.8, 4) is 0 Å². The summed E-state index contributed by atoms with van der Waals surface area (Å²) in [5.74, 6) is -1.60. The molecule has 1 saturated heterocycles. The van der Waals surface area contributed by atoms with E-state index in [-0.39, 0.29) is 62.3 Å². The SMILES string of the molecule is C1CCOC1.C=C([O-])/C=C(\[O-])OCC.CCCC(=O)CCC.CCCC1(CCC)CC(O)=CC(=O)O1.CCOC(=O)CC(C)=O.[Li+].[Li+]. The molecule has 11 nitrogen and oxygen atoms in total. The number of carbonyl (C=O) groups is 4. The van der Waals surface area contributed by atoms with Crippen LogP contribution in [0.2, 0.25) is 0 Å². The van der Waals surface area contributed by atoms with Crippen LogP contribution in [0.25, 0.3) is 0 Å². The molecule has 0 aromatic carbocycles. The molecule has 0 radical (unpaired) electrons. The van der Waals surface area contributed by atoms with Crippen LogP contribution in [0.15, 0.2) is 36.2 Å². The van der Waals surface area contributed by atoms with E-state index in [2.05, 4.69) is 29.9 Å². The van der Waals surface area contributed by atoms with Gasteiger partial charge >= 0.3 is 49.7 Å². The molecule has 0 spiro atoms. The summed E-state index contributed by atoms with van der Waals surface area (Å²) >= 11 is 0. The minimum absolute atomic E-state index is 0. The molecule has 13 heteroatoms. The van der Waals surface area contributed by atoms with Crippen LogP contribution < -0.4 is 47.9 Å². The van der Waals surface area contributed by atoms with Crippen molar-refractivity contribution >= 4 is 23.5 Å². The number of cyclic esters (lactones) is 1. The first-order valence-corrected chi connectivity index (χ1v) is 16.0. The smallest absolute Gasteiger partial charge is 0.873 e. The second-order valence-corrected chi connectivity index (χ2v) is 10.3. The van der Waals surface area contributed by atoms with Crippen LogP contribution in [0, 0.1) is 0 Å². The normalized spacial score (nSPS) is 13.9. The van der Waals surface area contributed by atoms with Crippen molar-refractivity contribution in [3.05, 3.63) is 36.2 Å². The van der Waals surface area contributed by atoms with Crippen molar-refractivity contribution in [2.45, 2.75) is 131 Å². The average Bonchev–Trinajstić information content (AvgIpc) is 3.50. The van der Waals surface area contributed by atoms with Crippen molar-refractivity contribution in [3.63, 3.8) is 0 Å². The molecule has 0 aromatic rings. The predicted octanol–water partition coefficient (Wildman–Crippen LogP) is -0.698. The van der Waals surface area contributed by atoms with E-state index in [4.69, 9.17) is 9.47 Å². The first-order valence-electron chi connectivity index (χ1n) is 16.0. The Morgan fingerprint density at radius 1 is 0.915 bits per heavy atom. The number of aliphatic hydroxyl groups excluding tert-OH is 1. The van der Waals surface area contributed by atoms with Crippen LogP contribution in [0.5, 0.6) is 0 Å². The molecule has 1 N–H and O–H groups in total. The van der Waals surface area contributed by atoms with Gasteiger partial charge in [-0.1, -0.05) is 47.5 Å². The van der Waals surface area contributed by atoms with Crippen LogP contribution in [-0.2, 0) is 38.1 Å². The minimum atomic E-state index is -0.627. The molecule has 0 aromatic heterocycles. The number of Topliss-reactive ketones (excluding diaryl/α,β-unsaturated/α-hetero) is 2. The molecule has 0 amide bonds. The molecule has 0 unspecified atom stereocenters. The second kappa shape index (κ2) is 36.7. The third-order valence-corrected chi connectivity index (χ3v) is 5.67. The Morgan fingerprint density at radius 3 is 1.72 bits per heavy atom. The third-order valence-electron chi connectivity index (χ3n) is 5.67. The maximum Gasteiger partial charge on any atom is 1.00 e. The molecule has 0 atom stereocenters. The van der Waals surface area contributed by atoms with Gasteiger partial charge in [-0.3, -0.25) is 14.4 Å². The molecule has 0 bridgehead atoms. The molecular weight excluding hydrogens is 598 g/mol. The van der Waals surface area contributed by atoms with E-state index in [9.17, 15) is 34.5 Å². The number of ketones is 2. The zero-order valence-corrected chi connectivity index (χ0v) is 30.7. The van der Waals surface area contributed by atoms with Crippen molar-refractivity contribution < 1.29 is 91.2 Å². The van der Waals surface area contributed by atoms with E-state index in [1.165, 1.54) is 25.8 Å². The Bertz CT molecular complexity index is 877. The van der Waals surface area contributed by atoms with Gasteiger partial charge in [0.2, 0.25) is 0 Å². The van der Waals surface area contributed by atoms with Crippen LogP contribution in [0.1, 0.15) is 126 Å². The molecule has 2 aliphatic heterocycles. The zero-order chi connectivity index (χ0) is 35.1. The van der Waals surface area contributed by atoms with Crippen molar-refractivity contribution in [2.24, 2.45) is 0 Å². The van der Waals surface area contributed by atoms with E-state index in [0.29, 0.717) is 18.8 Å². The quantitative estimate of drug-likeness (QED) is 0.0825. The number of hydrogen-bond donors (Lipinski definition) is 1. The minimum Gasteiger partial charge on any atom is -0.873 e. The summed E-state index contributed by atoms with van der Waals surface area (Å²) < 4.78 is 19.2. The van der Waals surface area contributed by atoms with Crippen molar-refractivity contribution in [1.29, 1.82) is 0 Å². The Balaban J connectivity index is -0.000000160. The van der Waals surface area contributed by atoms with Gasteiger partial charge in [-0.15, -0.1) is 12.3 Å². The number of carbonyl (C=O) groups excluding carboxylic acids is 4. The summed E-state index contributed by atoms with van der Waals surface area (Å²) in [6, 6.07) is 0. The number of allylic oxidation sites excluding steroid dienone is 1. The molecule has 0 aliphatic carbocycles. The summed E-state index contributed by atoms with van der Waals surface area (Å²) in [6.07, 6.45) is 12.0. The number of rotatable bonds is 14. The van der Waals surface area contributed by atoms with Crippen LogP contribution in [0.4, 0.5) is 0 Å². The van der Waals surface area contributed by atoms with Gasteiger partial charge in [-0.05, 0) is 65.1 Å². The summed E-state index contributed by atoms with van der Waals surface area (Å²) in [5, 5.41) is 29.8. The largest absolute Gasteiger partial charge is 1.00 e. The Hall–Kier alpha value is -2.15. The maximum atomic E-state index is 11.2. The van der Waals surface area contributed by atoms with Gasteiger partial charge in [0.15, 0.2) is 0 Å². The van der Waals surface area contributed by atoms with Gasteiger partial charge in [0, 0.05) is 32.5 Å². The van der Waals surface area contributed by atoms with Gasteiger partial charge in [-0.2, -0.15) is 0 Å². The van der Waals surface area contributed by atoms with Crippen LogP contribution >= 0.6 is 0 Å². The topological polar surface area (TPSA) is 172 Å². The second-order valence-electron chi connectivity index (χ2n) is 10.3. The van der Waals surface area contributed by atoms with Gasteiger partial charge in [-0.25, -0.2) is 4.79 Å². The molecule has 262 valence electrons. The summed E-state index contributed by atoms with van der Waals surface area (Å²) in [6.45, 7) is 18.5. The fourth-order valence-electron chi connectivity index (χ4n) is 4.03. The molecular formula is C34H58Li2O11. The molecule has 1 fully saturated rings. The Labute approximate surface area is 307 Å². The summed E-state index contributed by atoms with van der Waals surface area (Å²) in [4.78, 5) is 42.5. The maximum absolute atomic E-state index is 11.2. The van der Waals surface area contributed by atoms with Gasteiger partial charge < -0.3 is 34.3 Å². The molecule has 2 aliphatic rings. The fourth-order valence-corrected chi connectivity index (χ4v) is 4.03. The first-order chi connectivity index (χ1) is 21.3.